The van der Waals surface area contributed by atoms with Crippen LogP contribution >= 0.6 is 12.4 Å². The summed E-state index contributed by atoms with van der Waals surface area (Å²) in [4.78, 5) is 0. The first kappa shape index (κ1) is 15.3. The highest BCUT2D eigenvalue weighted by atomic mass is 35.5. The molecular weight excluding hydrogens is 222 g/mol. The lowest BCUT2D eigenvalue weighted by Crippen LogP contribution is -2.18. The first-order valence-electron chi connectivity index (χ1n) is 5.53. The smallest absolute Gasteiger partial charge is 0.122 e. The van der Waals surface area contributed by atoms with Crippen molar-refractivity contribution in [1.82, 2.24) is 0 Å². The van der Waals surface area contributed by atoms with E-state index in [-0.39, 0.29) is 18.4 Å². The Bertz CT molecular complexity index is 337. The van der Waals surface area contributed by atoms with Crippen LogP contribution in [0.4, 0.5) is 0 Å². The van der Waals surface area contributed by atoms with E-state index in [0.717, 1.165) is 12.2 Å². The largest absolute Gasteiger partial charge is 0.494 e. The van der Waals surface area contributed by atoms with Gasteiger partial charge in [-0.15, -0.1) is 12.4 Å². The first-order chi connectivity index (χ1) is 7.04. The van der Waals surface area contributed by atoms with Gasteiger partial charge in [-0.1, -0.05) is 6.07 Å². The summed E-state index contributed by atoms with van der Waals surface area (Å²) in [5, 5.41) is 0. The van der Waals surface area contributed by atoms with E-state index in [1.807, 2.05) is 13.8 Å². The average Bonchev–Trinajstić information content (AvgIpc) is 2.13. The second-order valence-corrected chi connectivity index (χ2v) is 4.16. The van der Waals surface area contributed by atoms with Gasteiger partial charge in [0.15, 0.2) is 0 Å². The van der Waals surface area contributed by atoms with Gasteiger partial charge in [0.05, 0.1) is 6.61 Å². The zero-order chi connectivity index (χ0) is 11.4. The van der Waals surface area contributed by atoms with Gasteiger partial charge in [0.25, 0.3) is 0 Å². The highest BCUT2D eigenvalue weighted by Gasteiger charge is 2.08. The molecule has 0 aromatic heterocycles. The van der Waals surface area contributed by atoms with Crippen molar-refractivity contribution in [3.05, 3.63) is 28.8 Å². The van der Waals surface area contributed by atoms with Crippen LogP contribution in [0.5, 0.6) is 5.75 Å². The van der Waals surface area contributed by atoms with Crippen molar-refractivity contribution in [3.8, 4) is 5.75 Å². The second-order valence-electron chi connectivity index (χ2n) is 4.16. The molecule has 92 valence electrons. The van der Waals surface area contributed by atoms with Crippen molar-refractivity contribution in [2.45, 2.75) is 40.2 Å². The number of ether oxygens (including phenoxy) is 1. The molecule has 1 aromatic rings. The maximum Gasteiger partial charge on any atom is 0.122 e. The van der Waals surface area contributed by atoms with Crippen molar-refractivity contribution < 1.29 is 4.74 Å². The van der Waals surface area contributed by atoms with Gasteiger partial charge >= 0.3 is 0 Å². The van der Waals surface area contributed by atoms with Gasteiger partial charge in [0.2, 0.25) is 0 Å². The third-order valence-corrected chi connectivity index (χ3v) is 2.52. The van der Waals surface area contributed by atoms with Gasteiger partial charge in [0, 0.05) is 6.04 Å². The van der Waals surface area contributed by atoms with E-state index in [1.165, 1.54) is 16.7 Å². The van der Waals surface area contributed by atoms with E-state index in [2.05, 4.69) is 26.0 Å². The van der Waals surface area contributed by atoms with Gasteiger partial charge in [-0.3, -0.25) is 0 Å². The molecular formula is C13H22ClNO. The molecule has 1 atom stereocenters. The molecule has 0 amide bonds. The molecule has 1 unspecified atom stereocenters. The number of rotatable bonds is 4. The number of aryl methyl sites for hydroxylation is 2. The van der Waals surface area contributed by atoms with Crippen LogP contribution in [0.2, 0.25) is 0 Å². The Kier molecular flexibility index (Phi) is 6.46. The lowest BCUT2D eigenvalue weighted by molar-refractivity contribution is 0.335. The molecule has 2 nitrogen and oxygen atoms in total. The van der Waals surface area contributed by atoms with Crippen molar-refractivity contribution in [3.63, 3.8) is 0 Å². The summed E-state index contributed by atoms with van der Waals surface area (Å²) in [5.41, 5.74) is 9.61. The number of hydrogen-bond acceptors (Lipinski definition) is 2. The van der Waals surface area contributed by atoms with Gasteiger partial charge in [-0.2, -0.15) is 0 Å². The van der Waals surface area contributed by atoms with E-state index >= 15 is 0 Å². The van der Waals surface area contributed by atoms with Crippen molar-refractivity contribution in [1.29, 1.82) is 0 Å². The highest BCUT2D eigenvalue weighted by Crippen LogP contribution is 2.24. The number of nitrogens with two attached hydrogens (primary N) is 1. The van der Waals surface area contributed by atoms with Gasteiger partial charge in [-0.25, -0.2) is 0 Å². The molecule has 3 heteroatoms. The van der Waals surface area contributed by atoms with Gasteiger partial charge in [0.1, 0.15) is 5.75 Å². The molecule has 0 bridgehead atoms. The highest BCUT2D eigenvalue weighted by molar-refractivity contribution is 5.85. The molecule has 16 heavy (non-hydrogen) atoms. The summed E-state index contributed by atoms with van der Waals surface area (Å²) in [6, 6.07) is 4.46. The summed E-state index contributed by atoms with van der Waals surface area (Å²) in [6.45, 7) is 8.95. The quantitative estimate of drug-likeness (QED) is 0.883. The maximum absolute atomic E-state index is 5.82. The normalized spacial score (nSPS) is 11.8. The van der Waals surface area contributed by atoms with Crippen LogP contribution in [0.3, 0.4) is 0 Å². The Morgan fingerprint density at radius 1 is 1.25 bits per heavy atom. The third-order valence-electron chi connectivity index (χ3n) is 2.52. The lowest BCUT2D eigenvalue weighted by Gasteiger charge is -2.14. The van der Waals surface area contributed by atoms with Crippen molar-refractivity contribution in [2.24, 2.45) is 5.73 Å². The number of hydrogen-bond donors (Lipinski definition) is 1. The molecule has 0 saturated carbocycles. The Hall–Kier alpha value is -0.730. The SMILES string of the molecule is CCOc1cc(C)c(C)cc1CC(C)N.Cl. The van der Waals surface area contributed by atoms with E-state index in [1.54, 1.807) is 0 Å². The Morgan fingerprint density at radius 2 is 1.81 bits per heavy atom. The monoisotopic (exact) mass is 243 g/mol. The minimum atomic E-state index is 0. The molecule has 0 aliphatic rings. The average molecular weight is 244 g/mol. The summed E-state index contributed by atoms with van der Waals surface area (Å²) in [7, 11) is 0. The third kappa shape index (κ3) is 4.03. The van der Waals surface area contributed by atoms with Gasteiger partial charge in [-0.05, 0) is 56.9 Å². The van der Waals surface area contributed by atoms with E-state index in [9.17, 15) is 0 Å². The number of benzene rings is 1. The molecule has 1 aromatic carbocycles. The molecule has 0 radical (unpaired) electrons. The van der Waals surface area contributed by atoms with Crippen LogP contribution < -0.4 is 10.5 Å². The van der Waals surface area contributed by atoms with Crippen LogP contribution in [0.15, 0.2) is 12.1 Å². The minimum absolute atomic E-state index is 0. The predicted molar refractivity (Wildman–Crippen MR) is 71.7 cm³/mol. The van der Waals surface area contributed by atoms with Crippen LogP contribution in [0.25, 0.3) is 0 Å². The molecule has 0 saturated heterocycles. The summed E-state index contributed by atoms with van der Waals surface area (Å²) < 4.78 is 5.62. The molecule has 1 rings (SSSR count). The minimum Gasteiger partial charge on any atom is -0.494 e. The fourth-order valence-electron chi connectivity index (χ4n) is 1.65. The number of halogens is 1. The van der Waals surface area contributed by atoms with E-state index in [0.29, 0.717) is 6.61 Å². The van der Waals surface area contributed by atoms with Crippen molar-refractivity contribution in [2.75, 3.05) is 6.61 Å². The summed E-state index contributed by atoms with van der Waals surface area (Å²) in [6.07, 6.45) is 0.871. The van der Waals surface area contributed by atoms with Gasteiger partial charge < -0.3 is 10.5 Å². The Balaban J connectivity index is 0.00000225. The topological polar surface area (TPSA) is 35.2 Å². The predicted octanol–water partition coefficient (Wildman–Crippen LogP) is 3.01. The van der Waals surface area contributed by atoms with E-state index in [4.69, 9.17) is 10.5 Å². The molecule has 0 spiro atoms. The Morgan fingerprint density at radius 3 is 2.31 bits per heavy atom. The zero-order valence-electron chi connectivity index (χ0n) is 10.5. The van der Waals surface area contributed by atoms with Crippen LogP contribution in [-0.4, -0.2) is 12.6 Å². The van der Waals surface area contributed by atoms with E-state index < -0.39 is 0 Å². The summed E-state index contributed by atoms with van der Waals surface area (Å²) in [5.74, 6) is 0.984. The first-order valence-corrected chi connectivity index (χ1v) is 5.53. The second kappa shape index (κ2) is 6.77. The summed E-state index contributed by atoms with van der Waals surface area (Å²) >= 11 is 0. The van der Waals surface area contributed by atoms with Crippen LogP contribution in [0, 0.1) is 13.8 Å². The van der Waals surface area contributed by atoms with Crippen LogP contribution in [-0.2, 0) is 6.42 Å². The molecule has 0 heterocycles. The molecule has 0 aliphatic carbocycles. The molecule has 0 fully saturated rings. The standard InChI is InChI=1S/C13H21NO.ClH/c1-5-15-13-7-10(3)9(2)6-12(13)8-11(4)14;/h6-7,11H,5,8,14H2,1-4H3;1H. The molecule has 0 aliphatic heterocycles. The fourth-order valence-corrected chi connectivity index (χ4v) is 1.65. The van der Waals surface area contributed by atoms with Crippen LogP contribution in [0.1, 0.15) is 30.5 Å². The molecule has 2 N–H and O–H groups in total. The Labute approximate surface area is 105 Å². The fraction of sp³-hybridized carbons (Fsp3) is 0.538. The van der Waals surface area contributed by atoms with Crippen molar-refractivity contribution >= 4 is 12.4 Å². The maximum atomic E-state index is 5.82. The lowest BCUT2D eigenvalue weighted by atomic mass is 10.0. The zero-order valence-corrected chi connectivity index (χ0v) is 11.4.